The minimum absolute atomic E-state index is 0.292. The molecule has 4 nitrogen and oxygen atoms in total. The molecule has 5 heteroatoms. The van der Waals surface area contributed by atoms with Crippen molar-refractivity contribution in [1.29, 1.82) is 0 Å². The molecule has 1 aromatic heterocycles. The lowest BCUT2D eigenvalue weighted by molar-refractivity contribution is 0.474. The van der Waals surface area contributed by atoms with E-state index in [0.29, 0.717) is 11.7 Å². The maximum Gasteiger partial charge on any atom is 0.131 e. The molecule has 2 aromatic rings. The number of phenols is 1. The van der Waals surface area contributed by atoms with E-state index in [9.17, 15) is 5.11 Å². The first-order valence-electron chi connectivity index (χ1n) is 6.43. The first-order valence-corrected chi connectivity index (χ1v) is 7.25. The molecule has 1 heterocycles. The van der Waals surface area contributed by atoms with Gasteiger partial charge in [0.25, 0.3) is 0 Å². The van der Waals surface area contributed by atoms with Crippen LogP contribution in [0.1, 0.15) is 29.4 Å². The molecule has 19 heavy (non-hydrogen) atoms. The normalized spacial score (nSPS) is 11.1. The number of hydrogen-bond donors (Lipinski definition) is 2. The fraction of sp³-hybridized carbons (Fsp3) is 0.429. The molecule has 0 aliphatic carbocycles. The molecule has 0 saturated heterocycles. The van der Waals surface area contributed by atoms with Crippen LogP contribution in [-0.4, -0.2) is 21.8 Å². The van der Waals surface area contributed by atoms with Gasteiger partial charge in [-0.2, -0.15) is 0 Å². The van der Waals surface area contributed by atoms with Crippen molar-refractivity contribution in [3.8, 4) is 5.75 Å². The topological polar surface area (TPSA) is 58.0 Å². The van der Waals surface area contributed by atoms with Crippen LogP contribution in [0.15, 0.2) is 24.3 Å². The number of aromatic hydroxyl groups is 1. The summed E-state index contributed by atoms with van der Waals surface area (Å²) in [5, 5.41) is 23.1. The second-order valence-corrected chi connectivity index (χ2v) is 6.11. The third kappa shape index (κ3) is 4.61. The molecule has 0 aliphatic heterocycles. The fourth-order valence-electron chi connectivity index (χ4n) is 1.74. The standard InChI is InChI=1S/C14H19N3OS/c1-10(2)8-15-9-14-17-16-13(19-14)7-11-4-3-5-12(18)6-11/h3-6,10,15,18H,7-9H2,1-2H3. The smallest absolute Gasteiger partial charge is 0.131 e. The van der Waals surface area contributed by atoms with E-state index >= 15 is 0 Å². The lowest BCUT2D eigenvalue weighted by Crippen LogP contribution is -2.18. The fourth-order valence-corrected chi connectivity index (χ4v) is 2.59. The average Bonchev–Trinajstić information content (AvgIpc) is 2.76. The van der Waals surface area contributed by atoms with E-state index in [2.05, 4.69) is 29.4 Å². The Hall–Kier alpha value is -1.46. The zero-order valence-electron chi connectivity index (χ0n) is 11.3. The number of aromatic nitrogens is 2. The van der Waals surface area contributed by atoms with Crippen molar-refractivity contribution in [3.63, 3.8) is 0 Å². The van der Waals surface area contributed by atoms with Crippen LogP contribution in [-0.2, 0) is 13.0 Å². The summed E-state index contributed by atoms with van der Waals surface area (Å²) in [5.41, 5.74) is 1.05. The van der Waals surface area contributed by atoms with Crippen LogP contribution >= 0.6 is 11.3 Å². The van der Waals surface area contributed by atoms with E-state index in [4.69, 9.17) is 0 Å². The molecular weight excluding hydrogens is 258 g/mol. The highest BCUT2D eigenvalue weighted by atomic mass is 32.1. The molecule has 0 unspecified atom stereocenters. The Morgan fingerprint density at radius 3 is 2.79 bits per heavy atom. The summed E-state index contributed by atoms with van der Waals surface area (Å²) in [6, 6.07) is 7.26. The van der Waals surface area contributed by atoms with Crippen molar-refractivity contribution < 1.29 is 5.11 Å². The first-order chi connectivity index (χ1) is 9.13. The van der Waals surface area contributed by atoms with Gasteiger partial charge in [0.1, 0.15) is 15.8 Å². The van der Waals surface area contributed by atoms with E-state index in [1.165, 1.54) is 0 Å². The number of hydrogen-bond acceptors (Lipinski definition) is 5. The second kappa shape index (κ2) is 6.63. The predicted octanol–water partition coefficient (Wildman–Crippen LogP) is 2.58. The molecule has 102 valence electrons. The van der Waals surface area contributed by atoms with Crippen LogP contribution < -0.4 is 5.32 Å². The van der Waals surface area contributed by atoms with E-state index in [0.717, 1.165) is 35.1 Å². The van der Waals surface area contributed by atoms with Crippen LogP contribution in [0.3, 0.4) is 0 Å². The molecule has 0 bridgehead atoms. The largest absolute Gasteiger partial charge is 0.508 e. The molecule has 0 aliphatic rings. The summed E-state index contributed by atoms with van der Waals surface area (Å²) < 4.78 is 0. The van der Waals surface area contributed by atoms with Gasteiger partial charge in [0, 0.05) is 13.0 Å². The van der Waals surface area contributed by atoms with E-state index < -0.39 is 0 Å². The number of nitrogens with zero attached hydrogens (tertiary/aromatic N) is 2. The highest BCUT2D eigenvalue weighted by Crippen LogP contribution is 2.17. The van der Waals surface area contributed by atoms with Crippen LogP contribution in [0, 0.1) is 5.92 Å². The van der Waals surface area contributed by atoms with E-state index in [1.807, 2.05) is 12.1 Å². The maximum absolute atomic E-state index is 9.42. The summed E-state index contributed by atoms with van der Waals surface area (Å²) in [6.45, 7) is 6.12. The Labute approximate surface area is 117 Å². The van der Waals surface area contributed by atoms with Crippen LogP contribution in [0.4, 0.5) is 0 Å². The summed E-state index contributed by atoms with van der Waals surface area (Å²) in [6.07, 6.45) is 0.718. The summed E-state index contributed by atoms with van der Waals surface area (Å²) in [5.74, 6) is 0.931. The Balaban J connectivity index is 1.90. The van der Waals surface area contributed by atoms with Gasteiger partial charge < -0.3 is 10.4 Å². The van der Waals surface area contributed by atoms with Gasteiger partial charge >= 0.3 is 0 Å². The van der Waals surface area contributed by atoms with Crippen molar-refractivity contribution in [3.05, 3.63) is 39.8 Å². The van der Waals surface area contributed by atoms with Crippen molar-refractivity contribution in [2.24, 2.45) is 5.92 Å². The van der Waals surface area contributed by atoms with Crippen molar-refractivity contribution in [2.75, 3.05) is 6.54 Å². The number of nitrogens with one attached hydrogen (secondary N) is 1. The van der Waals surface area contributed by atoms with Gasteiger partial charge in [0.2, 0.25) is 0 Å². The van der Waals surface area contributed by atoms with Crippen LogP contribution in [0.2, 0.25) is 0 Å². The Morgan fingerprint density at radius 1 is 1.26 bits per heavy atom. The Kier molecular flexibility index (Phi) is 4.87. The van der Waals surface area contributed by atoms with E-state index in [-0.39, 0.29) is 0 Å². The quantitative estimate of drug-likeness (QED) is 0.852. The lowest BCUT2D eigenvalue weighted by Gasteiger charge is -2.04. The molecule has 0 amide bonds. The molecule has 0 radical (unpaired) electrons. The van der Waals surface area contributed by atoms with Gasteiger partial charge in [-0.25, -0.2) is 0 Å². The van der Waals surface area contributed by atoms with Crippen molar-refractivity contribution >= 4 is 11.3 Å². The van der Waals surface area contributed by atoms with Crippen LogP contribution in [0.5, 0.6) is 5.75 Å². The SMILES string of the molecule is CC(C)CNCc1nnc(Cc2cccc(O)c2)s1. The monoisotopic (exact) mass is 277 g/mol. The van der Waals surface area contributed by atoms with Gasteiger partial charge in [-0.05, 0) is 30.2 Å². The highest BCUT2D eigenvalue weighted by molar-refractivity contribution is 7.11. The van der Waals surface area contributed by atoms with E-state index in [1.54, 1.807) is 23.5 Å². The van der Waals surface area contributed by atoms with Gasteiger partial charge in [-0.1, -0.05) is 37.3 Å². The third-order valence-electron chi connectivity index (χ3n) is 2.60. The van der Waals surface area contributed by atoms with Crippen LogP contribution in [0.25, 0.3) is 0 Å². The van der Waals surface area contributed by atoms with Crippen molar-refractivity contribution in [2.45, 2.75) is 26.8 Å². The molecule has 0 saturated carbocycles. The van der Waals surface area contributed by atoms with Gasteiger partial charge in [-0.15, -0.1) is 10.2 Å². The summed E-state index contributed by atoms with van der Waals surface area (Å²) >= 11 is 1.62. The molecule has 2 rings (SSSR count). The third-order valence-corrected chi connectivity index (χ3v) is 3.53. The zero-order valence-corrected chi connectivity index (χ0v) is 12.1. The minimum Gasteiger partial charge on any atom is -0.508 e. The zero-order chi connectivity index (χ0) is 13.7. The Bertz CT molecular complexity index is 525. The second-order valence-electron chi connectivity index (χ2n) is 4.96. The molecule has 1 aromatic carbocycles. The summed E-state index contributed by atoms with van der Waals surface area (Å²) in [4.78, 5) is 0. The number of phenolic OH excluding ortho intramolecular Hbond substituents is 1. The highest BCUT2D eigenvalue weighted by Gasteiger charge is 2.05. The molecule has 2 N–H and O–H groups in total. The molecule has 0 spiro atoms. The predicted molar refractivity (Wildman–Crippen MR) is 77.4 cm³/mol. The average molecular weight is 277 g/mol. The molecule has 0 atom stereocenters. The number of benzene rings is 1. The van der Waals surface area contributed by atoms with Crippen molar-refractivity contribution in [1.82, 2.24) is 15.5 Å². The number of rotatable bonds is 6. The lowest BCUT2D eigenvalue weighted by atomic mass is 10.1. The molecule has 0 fully saturated rings. The first kappa shape index (κ1) is 14.0. The molecular formula is C14H19N3OS. The Morgan fingerprint density at radius 2 is 2.05 bits per heavy atom. The maximum atomic E-state index is 9.42. The van der Waals surface area contributed by atoms with Gasteiger partial charge in [0.15, 0.2) is 0 Å². The minimum atomic E-state index is 0.292. The van der Waals surface area contributed by atoms with Gasteiger partial charge in [0.05, 0.1) is 0 Å². The van der Waals surface area contributed by atoms with Gasteiger partial charge in [-0.3, -0.25) is 0 Å². The summed E-state index contributed by atoms with van der Waals surface area (Å²) in [7, 11) is 0.